The van der Waals surface area contributed by atoms with Crippen LogP contribution in [0.4, 0.5) is 0 Å². The van der Waals surface area contributed by atoms with E-state index in [9.17, 15) is 0 Å². The highest BCUT2D eigenvalue weighted by Crippen LogP contribution is 2.41. The number of hydrogen-bond acceptors (Lipinski definition) is 7. The molecular formula is C49H29N5O2. The Bertz CT molecular complexity index is 3180. The highest BCUT2D eigenvalue weighted by molar-refractivity contribution is 6.12. The van der Waals surface area contributed by atoms with Gasteiger partial charge >= 0.3 is 0 Å². The number of hydrogen-bond donors (Lipinski definition) is 0. The van der Waals surface area contributed by atoms with Crippen molar-refractivity contribution in [2.45, 2.75) is 0 Å². The smallest absolute Gasteiger partial charge is 0.180 e. The summed E-state index contributed by atoms with van der Waals surface area (Å²) in [7, 11) is 0. The van der Waals surface area contributed by atoms with E-state index in [0.29, 0.717) is 28.9 Å². The molecule has 0 aliphatic carbocycles. The Hall–Kier alpha value is -7.77. The zero-order valence-corrected chi connectivity index (χ0v) is 29.8. The molecule has 4 aromatic heterocycles. The van der Waals surface area contributed by atoms with Crippen LogP contribution in [0.1, 0.15) is 0 Å². The molecule has 7 nitrogen and oxygen atoms in total. The number of aromatic nitrogens is 5. The van der Waals surface area contributed by atoms with E-state index in [-0.39, 0.29) is 0 Å². The van der Waals surface area contributed by atoms with Crippen molar-refractivity contribution < 1.29 is 8.83 Å². The van der Waals surface area contributed by atoms with Crippen LogP contribution in [0.5, 0.6) is 0 Å². The topological polar surface area (TPSA) is 90.7 Å². The Balaban J connectivity index is 1.04. The SMILES string of the molecule is c1ccc(-c2nc(-c3ccccc3)nc(-c3ccc4c(c3)oc3ccc(-c5cccc6c5oc5c(-c7ccccc7)nc(-c7ccccc7)nc56)cc34)n2)cc1. The van der Waals surface area contributed by atoms with Crippen molar-refractivity contribution in [3.05, 3.63) is 176 Å². The molecule has 0 saturated carbocycles. The van der Waals surface area contributed by atoms with Gasteiger partial charge in [0.1, 0.15) is 28.0 Å². The lowest BCUT2D eigenvalue weighted by Gasteiger charge is -2.08. The molecule has 0 amide bonds. The fourth-order valence-electron chi connectivity index (χ4n) is 7.42. The van der Waals surface area contributed by atoms with Gasteiger partial charge in [-0.25, -0.2) is 24.9 Å². The fourth-order valence-corrected chi connectivity index (χ4v) is 7.42. The van der Waals surface area contributed by atoms with Gasteiger partial charge in [0.25, 0.3) is 0 Å². The van der Waals surface area contributed by atoms with Crippen molar-refractivity contribution >= 4 is 44.0 Å². The first-order chi connectivity index (χ1) is 27.7. The first-order valence-corrected chi connectivity index (χ1v) is 18.4. The van der Waals surface area contributed by atoms with Crippen LogP contribution in [-0.2, 0) is 0 Å². The van der Waals surface area contributed by atoms with Gasteiger partial charge in [0, 0.05) is 49.5 Å². The lowest BCUT2D eigenvalue weighted by Crippen LogP contribution is -2.00. The Labute approximate surface area is 320 Å². The van der Waals surface area contributed by atoms with Crippen LogP contribution < -0.4 is 0 Å². The average Bonchev–Trinajstić information content (AvgIpc) is 3.85. The predicted molar refractivity (Wildman–Crippen MR) is 223 cm³/mol. The monoisotopic (exact) mass is 719 g/mol. The van der Waals surface area contributed by atoms with Gasteiger partial charge in [-0.3, -0.25) is 0 Å². The second kappa shape index (κ2) is 13.0. The van der Waals surface area contributed by atoms with Crippen LogP contribution in [0.3, 0.4) is 0 Å². The maximum atomic E-state index is 6.78. The van der Waals surface area contributed by atoms with E-state index in [2.05, 4.69) is 54.6 Å². The molecule has 0 unspecified atom stereocenters. The summed E-state index contributed by atoms with van der Waals surface area (Å²) in [4.78, 5) is 24.8. The number of fused-ring (bicyclic) bond motifs is 6. The molecule has 7 heteroatoms. The Morgan fingerprint density at radius 2 is 0.857 bits per heavy atom. The summed E-state index contributed by atoms with van der Waals surface area (Å²) < 4.78 is 13.3. The first kappa shape index (κ1) is 31.7. The second-order valence-corrected chi connectivity index (χ2v) is 13.7. The van der Waals surface area contributed by atoms with Gasteiger partial charge in [-0.15, -0.1) is 0 Å². The van der Waals surface area contributed by atoms with E-state index < -0.39 is 0 Å². The van der Waals surface area contributed by atoms with Gasteiger partial charge < -0.3 is 8.83 Å². The summed E-state index contributed by atoms with van der Waals surface area (Å²) >= 11 is 0. The summed E-state index contributed by atoms with van der Waals surface area (Å²) in [5.74, 6) is 2.45. The van der Waals surface area contributed by atoms with Crippen molar-refractivity contribution in [1.82, 2.24) is 24.9 Å². The average molecular weight is 720 g/mol. The van der Waals surface area contributed by atoms with Crippen molar-refractivity contribution in [2.75, 3.05) is 0 Å². The van der Waals surface area contributed by atoms with Crippen molar-refractivity contribution in [2.24, 2.45) is 0 Å². The quantitative estimate of drug-likeness (QED) is 0.169. The lowest BCUT2D eigenvalue weighted by atomic mass is 10.0. The predicted octanol–water partition coefficient (Wildman–Crippen LogP) is 12.5. The number of furan rings is 2. The van der Waals surface area contributed by atoms with E-state index in [1.165, 1.54) is 0 Å². The Morgan fingerprint density at radius 3 is 1.48 bits per heavy atom. The standard InChI is InChI=1S/C49H29N5O2/c1-5-14-30(15-6-1)42-45-43(51-46(50-42)31-16-7-2-8-17-31)38-23-13-22-36(44(38)56-45)34-25-27-40-39(28-34)37-26-24-35(29-41(37)55-40)49-53-47(32-18-9-3-10-19-32)52-48(54-49)33-20-11-4-12-21-33/h1-29H. The van der Waals surface area contributed by atoms with Crippen LogP contribution >= 0.6 is 0 Å². The van der Waals surface area contributed by atoms with Crippen molar-refractivity contribution in [3.8, 4) is 67.9 Å². The molecule has 0 saturated heterocycles. The second-order valence-electron chi connectivity index (χ2n) is 13.7. The Kier molecular flexibility index (Phi) is 7.35. The van der Waals surface area contributed by atoms with Gasteiger partial charge in [-0.05, 0) is 35.9 Å². The van der Waals surface area contributed by atoms with E-state index in [4.69, 9.17) is 33.8 Å². The summed E-state index contributed by atoms with van der Waals surface area (Å²) in [5, 5.41) is 2.92. The van der Waals surface area contributed by atoms with Crippen LogP contribution in [-0.4, -0.2) is 24.9 Å². The molecule has 0 bridgehead atoms. The van der Waals surface area contributed by atoms with Gasteiger partial charge in [0.15, 0.2) is 28.9 Å². The zero-order valence-electron chi connectivity index (χ0n) is 29.8. The lowest BCUT2D eigenvalue weighted by molar-refractivity contribution is 0.667. The molecule has 11 aromatic rings. The van der Waals surface area contributed by atoms with E-state index in [0.717, 1.165) is 83.1 Å². The van der Waals surface area contributed by atoms with Gasteiger partial charge in [-0.2, -0.15) is 0 Å². The zero-order chi connectivity index (χ0) is 37.0. The molecule has 11 rings (SSSR count). The Morgan fingerprint density at radius 1 is 0.304 bits per heavy atom. The molecule has 7 aromatic carbocycles. The summed E-state index contributed by atoms with van der Waals surface area (Å²) in [6, 6.07) is 58.8. The number of para-hydroxylation sites is 1. The molecular weight excluding hydrogens is 691 g/mol. The molecule has 0 aliphatic rings. The molecule has 0 radical (unpaired) electrons. The molecule has 56 heavy (non-hydrogen) atoms. The molecule has 0 spiro atoms. The van der Waals surface area contributed by atoms with Gasteiger partial charge in [-0.1, -0.05) is 146 Å². The molecule has 0 fully saturated rings. The normalized spacial score (nSPS) is 11.6. The highest BCUT2D eigenvalue weighted by atomic mass is 16.3. The number of nitrogens with zero attached hydrogens (tertiary/aromatic N) is 5. The van der Waals surface area contributed by atoms with Crippen LogP contribution in [0.2, 0.25) is 0 Å². The third-order valence-electron chi connectivity index (χ3n) is 10.2. The van der Waals surface area contributed by atoms with E-state index in [1.54, 1.807) is 0 Å². The van der Waals surface area contributed by atoms with Gasteiger partial charge in [0.05, 0.1) is 0 Å². The molecule has 0 atom stereocenters. The van der Waals surface area contributed by atoms with E-state index >= 15 is 0 Å². The minimum Gasteiger partial charge on any atom is -0.456 e. The maximum absolute atomic E-state index is 6.78. The minimum absolute atomic E-state index is 0.575. The molecule has 4 heterocycles. The van der Waals surface area contributed by atoms with Crippen LogP contribution in [0, 0.1) is 0 Å². The summed E-state index contributed by atoms with van der Waals surface area (Å²) in [6.07, 6.45) is 0. The maximum Gasteiger partial charge on any atom is 0.180 e. The number of rotatable bonds is 6. The first-order valence-electron chi connectivity index (χ1n) is 18.4. The number of benzene rings is 7. The third kappa shape index (κ3) is 5.41. The molecule has 0 N–H and O–H groups in total. The van der Waals surface area contributed by atoms with E-state index in [1.807, 2.05) is 121 Å². The van der Waals surface area contributed by atoms with Crippen molar-refractivity contribution in [3.63, 3.8) is 0 Å². The highest BCUT2D eigenvalue weighted by Gasteiger charge is 2.21. The molecule has 0 aliphatic heterocycles. The fraction of sp³-hybridized carbons (Fsp3) is 0. The van der Waals surface area contributed by atoms with Crippen LogP contribution in [0.15, 0.2) is 185 Å². The molecule has 262 valence electrons. The largest absolute Gasteiger partial charge is 0.456 e. The van der Waals surface area contributed by atoms with Crippen LogP contribution in [0.25, 0.3) is 112 Å². The van der Waals surface area contributed by atoms with Gasteiger partial charge in [0.2, 0.25) is 0 Å². The summed E-state index contributed by atoms with van der Waals surface area (Å²) in [6.45, 7) is 0. The summed E-state index contributed by atoms with van der Waals surface area (Å²) in [5.41, 5.74) is 11.0. The van der Waals surface area contributed by atoms with Crippen molar-refractivity contribution in [1.29, 1.82) is 0 Å². The third-order valence-corrected chi connectivity index (χ3v) is 10.2. The minimum atomic E-state index is 0.575.